The standard InChI is InChI=1S/C14H17NO.C2H6/c1-2-12-9-11-7-3-5-10-6-4-8-13(16)15(12)14(10)11;1-2/h3,5,7,12H,2,4,6,8-9H2,1H3;1-2H3/t12-;/m1./s1. The Morgan fingerprint density at radius 3 is 2.67 bits per heavy atom. The Hall–Kier alpha value is -1.31. The van der Waals surface area contributed by atoms with Crippen molar-refractivity contribution in [2.45, 2.75) is 58.9 Å². The van der Waals surface area contributed by atoms with E-state index in [-0.39, 0.29) is 0 Å². The largest absolute Gasteiger partial charge is 0.308 e. The molecule has 1 aromatic rings. The zero-order chi connectivity index (χ0) is 13.1. The Labute approximate surface area is 110 Å². The number of aryl methyl sites for hydroxylation is 1. The van der Waals surface area contributed by atoms with Crippen LogP contribution in [0.25, 0.3) is 0 Å². The average Bonchev–Trinajstić information content (AvgIpc) is 2.71. The molecule has 0 radical (unpaired) electrons. The lowest BCUT2D eigenvalue weighted by molar-refractivity contribution is -0.118. The predicted octanol–water partition coefficient (Wildman–Crippen LogP) is 3.72. The summed E-state index contributed by atoms with van der Waals surface area (Å²) in [5.74, 6) is 0.329. The van der Waals surface area contributed by atoms with E-state index in [0.717, 1.165) is 25.7 Å². The van der Waals surface area contributed by atoms with E-state index in [1.165, 1.54) is 16.8 Å². The van der Waals surface area contributed by atoms with Crippen LogP contribution in [-0.2, 0) is 17.6 Å². The molecule has 1 atom stereocenters. The minimum Gasteiger partial charge on any atom is -0.308 e. The van der Waals surface area contributed by atoms with Crippen LogP contribution in [-0.4, -0.2) is 11.9 Å². The van der Waals surface area contributed by atoms with Gasteiger partial charge in [-0.15, -0.1) is 0 Å². The van der Waals surface area contributed by atoms with Crippen LogP contribution >= 0.6 is 0 Å². The number of carbonyl (C=O) groups is 1. The summed E-state index contributed by atoms with van der Waals surface area (Å²) in [7, 11) is 0. The van der Waals surface area contributed by atoms with Crippen molar-refractivity contribution in [2.75, 3.05) is 4.90 Å². The van der Waals surface area contributed by atoms with Crippen molar-refractivity contribution >= 4 is 11.6 Å². The maximum Gasteiger partial charge on any atom is 0.227 e. The predicted molar refractivity (Wildman–Crippen MR) is 76.0 cm³/mol. The molecule has 1 amide bonds. The quantitative estimate of drug-likeness (QED) is 0.738. The molecule has 0 bridgehead atoms. The second kappa shape index (κ2) is 5.55. The first-order chi connectivity index (χ1) is 8.81. The van der Waals surface area contributed by atoms with Gasteiger partial charge in [0.2, 0.25) is 5.91 Å². The molecular formula is C16H23NO. The maximum atomic E-state index is 12.1. The lowest BCUT2D eigenvalue weighted by atomic mass is 10.0. The van der Waals surface area contributed by atoms with Crippen molar-refractivity contribution in [3.63, 3.8) is 0 Å². The molecule has 2 heteroatoms. The molecule has 2 heterocycles. The van der Waals surface area contributed by atoms with Gasteiger partial charge in [0.1, 0.15) is 0 Å². The highest BCUT2D eigenvalue weighted by Gasteiger charge is 2.35. The Bertz CT molecular complexity index is 439. The first-order valence-electron chi connectivity index (χ1n) is 7.24. The van der Waals surface area contributed by atoms with Crippen molar-refractivity contribution in [1.82, 2.24) is 0 Å². The minimum atomic E-state index is 0.329. The van der Waals surface area contributed by atoms with Gasteiger partial charge < -0.3 is 4.90 Å². The second-order valence-corrected chi connectivity index (χ2v) is 4.81. The van der Waals surface area contributed by atoms with E-state index in [2.05, 4.69) is 30.0 Å². The summed E-state index contributed by atoms with van der Waals surface area (Å²) in [5, 5.41) is 0. The fourth-order valence-corrected chi connectivity index (χ4v) is 3.05. The van der Waals surface area contributed by atoms with Crippen molar-refractivity contribution < 1.29 is 4.79 Å². The van der Waals surface area contributed by atoms with Crippen molar-refractivity contribution in [2.24, 2.45) is 0 Å². The molecule has 0 aromatic heterocycles. The van der Waals surface area contributed by atoms with Crippen LogP contribution in [0.15, 0.2) is 18.2 Å². The van der Waals surface area contributed by atoms with Crippen LogP contribution in [0, 0.1) is 0 Å². The molecule has 0 unspecified atom stereocenters. The number of benzene rings is 1. The molecule has 0 saturated heterocycles. The van der Waals surface area contributed by atoms with Gasteiger partial charge in [-0.3, -0.25) is 4.79 Å². The van der Waals surface area contributed by atoms with Crippen molar-refractivity contribution in [1.29, 1.82) is 0 Å². The Balaban J connectivity index is 0.000000574. The van der Waals surface area contributed by atoms with E-state index in [1.807, 2.05) is 13.8 Å². The number of rotatable bonds is 1. The van der Waals surface area contributed by atoms with Crippen LogP contribution in [0.5, 0.6) is 0 Å². The van der Waals surface area contributed by atoms with E-state index in [9.17, 15) is 4.79 Å². The summed E-state index contributed by atoms with van der Waals surface area (Å²) in [6.45, 7) is 6.17. The number of carbonyl (C=O) groups excluding carboxylic acids is 1. The molecule has 2 aliphatic rings. The fraction of sp³-hybridized carbons (Fsp3) is 0.562. The van der Waals surface area contributed by atoms with E-state index >= 15 is 0 Å². The van der Waals surface area contributed by atoms with Gasteiger partial charge in [-0.05, 0) is 36.8 Å². The van der Waals surface area contributed by atoms with Gasteiger partial charge >= 0.3 is 0 Å². The molecule has 1 aromatic carbocycles. The molecule has 2 aliphatic heterocycles. The minimum absolute atomic E-state index is 0.329. The molecule has 18 heavy (non-hydrogen) atoms. The molecule has 0 fully saturated rings. The number of hydrogen-bond donors (Lipinski definition) is 0. The molecule has 2 nitrogen and oxygen atoms in total. The Kier molecular flexibility index (Phi) is 4.05. The maximum absolute atomic E-state index is 12.1. The summed E-state index contributed by atoms with van der Waals surface area (Å²) >= 11 is 0. The smallest absolute Gasteiger partial charge is 0.227 e. The molecule has 0 saturated carbocycles. The van der Waals surface area contributed by atoms with Crippen LogP contribution in [0.2, 0.25) is 0 Å². The van der Waals surface area contributed by atoms with Crippen LogP contribution < -0.4 is 4.90 Å². The highest BCUT2D eigenvalue weighted by Crippen LogP contribution is 2.39. The van der Waals surface area contributed by atoms with E-state index in [0.29, 0.717) is 18.4 Å². The third kappa shape index (κ3) is 2.05. The Morgan fingerprint density at radius 2 is 1.94 bits per heavy atom. The van der Waals surface area contributed by atoms with E-state index in [4.69, 9.17) is 0 Å². The fourth-order valence-electron chi connectivity index (χ4n) is 3.05. The first-order valence-corrected chi connectivity index (χ1v) is 7.24. The van der Waals surface area contributed by atoms with Gasteiger partial charge in [-0.25, -0.2) is 0 Å². The number of hydrogen-bond acceptors (Lipinski definition) is 1. The number of amides is 1. The molecular weight excluding hydrogens is 222 g/mol. The highest BCUT2D eigenvalue weighted by atomic mass is 16.2. The van der Waals surface area contributed by atoms with Crippen LogP contribution in [0.3, 0.4) is 0 Å². The van der Waals surface area contributed by atoms with Crippen molar-refractivity contribution in [3.8, 4) is 0 Å². The summed E-state index contributed by atoms with van der Waals surface area (Å²) in [5.41, 5.74) is 4.00. The van der Waals surface area contributed by atoms with Crippen LogP contribution in [0.1, 0.15) is 51.2 Å². The summed E-state index contributed by atoms with van der Waals surface area (Å²) in [6.07, 6.45) is 4.87. The van der Waals surface area contributed by atoms with Gasteiger partial charge in [-0.1, -0.05) is 39.0 Å². The molecule has 3 rings (SSSR count). The van der Waals surface area contributed by atoms with E-state index in [1.54, 1.807) is 0 Å². The normalized spacial score (nSPS) is 20.9. The lowest BCUT2D eigenvalue weighted by Crippen LogP contribution is -2.36. The molecule has 0 spiro atoms. The van der Waals surface area contributed by atoms with Gasteiger partial charge in [0.25, 0.3) is 0 Å². The molecule has 0 N–H and O–H groups in total. The molecule has 98 valence electrons. The average molecular weight is 245 g/mol. The molecule has 0 aliphatic carbocycles. The number of anilines is 1. The zero-order valence-electron chi connectivity index (χ0n) is 11.7. The second-order valence-electron chi connectivity index (χ2n) is 4.81. The number of nitrogens with zero attached hydrogens (tertiary/aromatic N) is 1. The first kappa shape index (κ1) is 13.1. The van der Waals surface area contributed by atoms with Gasteiger partial charge in [0.05, 0.1) is 5.69 Å². The summed E-state index contributed by atoms with van der Waals surface area (Å²) in [6, 6.07) is 6.91. The topological polar surface area (TPSA) is 20.3 Å². The highest BCUT2D eigenvalue weighted by molar-refractivity contribution is 5.97. The van der Waals surface area contributed by atoms with E-state index < -0.39 is 0 Å². The summed E-state index contributed by atoms with van der Waals surface area (Å²) < 4.78 is 0. The zero-order valence-corrected chi connectivity index (χ0v) is 11.7. The monoisotopic (exact) mass is 245 g/mol. The van der Waals surface area contributed by atoms with Crippen LogP contribution in [0.4, 0.5) is 5.69 Å². The van der Waals surface area contributed by atoms with Crippen molar-refractivity contribution in [3.05, 3.63) is 29.3 Å². The third-order valence-electron chi connectivity index (χ3n) is 3.84. The summed E-state index contributed by atoms with van der Waals surface area (Å²) in [4.78, 5) is 14.2. The lowest BCUT2D eigenvalue weighted by Gasteiger charge is -2.24. The van der Waals surface area contributed by atoms with Gasteiger partial charge in [-0.2, -0.15) is 0 Å². The number of para-hydroxylation sites is 1. The third-order valence-corrected chi connectivity index (χ3v) is 3.84. The van der Waals surface area contributed by atoms with Gasteiger partial charge in [0.15, 0.2) is 0 Å². The Morgan fingerprint density at radius 1 is 1.22 bits per heavy atom. The van der Waals surface area contributed by atoms with Gasteiger partial charge in [0, 0.05) is 12.5 Å². The SMILES string of the molecule is CC.CC[C@@H]1Cc2cccc3c2N1C(=O)CCC3.